The van der Waals surface area contributed by atoms with E-state index in [0.717, 1.165) is 5.56 Å². The van der Waals surface area contributed by atoms with Crippen LogP contribution in [0.1, 0.15) is 5.56 Å². The standard InChI is InChI=1S/C8H11NO/c9-6-5-7-1-3-8(10)4-2-7/h1-4,10H,5-6,9H2/i/hD3. The molecule has 0 aromatic heterocycles. The summed E-state index contributed by atoms with van der Waals surface area (Å²) in [5.41, 5.74) is 1.68. The lowest BCUT2D eigenvalue weighted by atomic mass is 10.1. The second-order valence-electron chi connectivity index (χ2n) is 2.12. The van der Waals surface area contributed by atoms with Crippen LogP contribution in [0.4, 0.5) is 0 Å². The Morgan fingerprint density at radius 3 is 2.90 bits per heavy atom. The van der Waals surface area contributed by atoms with Gasteiger partial charge in [-0.05, 0) is 30.7 Å². The molecule has 0 fully saturated rings. The van der Waals surface area contributed by atoms with Crippen LogP contribution >= 0.6 is 0 Å². The molecule has 0 radical (unpaired) electrons. The van der Waals surface area contributed by atoms with Gasteiger partial charge in [-0.1, -0.05) is 12.1 Å². The van der Waals surface area contributed by atoms with Crippen molar-refractivity contribution in [3.8, 4) is 5.75 Å². The van der Waals surface area contributed by atoms with Crippen molar-refractivity contribution in [3.05, 3.63) is 29.8 Å². The van der Waals surface area contributed by atoms with Crippen LogP contribution in [0.25, 0.3) is 0 Å². The van der Waals surface area contributed by atoms with Crippen molar-refractivity contribution in [2.75, 3.05) is 6.54 Å². The van der Waals surface area contributed by atoms with Gasteiger partial charge in [-0.15, -0.1) is 0 Å². The molecule has 3 N–H and O–H groups in total. The first kappa shape index (κ1) is 3.98. The summed E-state index contributed by atoms with van der Waals surface area (Å²) in [5.74, 6) is 0.498. The molecule has 0 unspecified atom stereocenters. The SMILES string of the molecule is [2H]Oc1ccc(CCN([2H])[2H])cc1. The first-order chi connectivity index (χ1) is 6.22. The zero-order valence-electron chi connectivity index (χ0n) is 8.58. The molecule has 10 heavy (non-hydrogen) atoms. The fourth-order valence-electron chi connectivity index (χ4n) is 0.785. The average molecular weight is 140 g/mol. The van der Waals surface area contributed by atoms with Gasteiger partial charge in [0.1, 0.15) is 8.57 Å². The van der Waals surface area contributed by atoms with Crippen LogP contribution in [0.3, 0.4) is 0 Å². The molecule has 2 heteroatoms. The van der Waals surface area contributed by atoms with Gasteiger partial charge in [0.15, 0.2) is 0 Å². The Hall–Kier alpha value is -1.02. The van der Waals surface area contributed by atoms with Crippen LogP contribution in [0.2, 0.25) is 2.82 Å². The van der Waals surface area contributed by atoms with Crippen molar-refractivity contribution in [3.63, 3.8) is 0 Å². The van der Waals surface area contributed by atoms with E-state index < -0.39 is 0 Å². The first-order valence-corrected chi connectivity index (χ1v) is 3.20. The van der Waals surface area contributed by atoms with Crippen molar-refractivity contribution in [2.45, 2.75) is 6.42 Å². The highest BCUT2D eigenvalue weighted by molar-refractivity contribution is 5.25. The number of rotatable bonds is 4. The van der Waals surface area contributed by atoms with Gasteiger partial charge >= 0.3 is 0 Å². The predicted octanol–water partition coefficient (Wildman–Crippen LogP) is 0.893. The van der Waals surface area contributed by atoms with E-state index in [2.05, 4.69) is 5.11 Å². The van der Waals surface area contributed by atoms with E-state index in [9.17, 15) is 0 Å². The third-order valence-corrected chi connectivity index (χ3v) is 1.32. The maximum atomic E-state index is 6.85. The minimum Gasteiger partial charge on any atom is -0.508 e. The summed E-state index contributed by atoms with van der Waals surface area (Å²) in [4.78, 5) is 0. The van der Waals surface area contributed by atoms with Crippen LogP contribution in [0, 0.1) is 0 Å². The molecule has 0 spiro atoms. The van der Waals surface area contributed by atoms with E-state index in [-0.39, 0.29) is 0 Å². The van der Waals surface area contributed by atoms with Gasteiger partial charge in [0.05, 0.1) is 0 Å². The summed E-state index contributed by atoms with van der Waals surface area (Å²) in [5, 5.41) is 4.26. The number of nitrogens with two attached hydrogens (primary N) is 1. The highest BCUT2D eigenvalue weighted by Crippen LogP contribution is 2.09. The molecule has 54 valence electrons. The highest BCUT2D eigenvalue weighted by atomic mass is 16.3. The van der Waals surface area contributed by atoms with E-state index in [1.54, 1.807) is 12.1 Å². The lowest BCUT2D eigenvalue weighted by molar-refractivity contribution is 0.475. The molecule has 2 nitrogen and oxygen atoms in total. The Bertz CT molecular complexity index is 250. The monoisotopic (exact) mass is 140 g/mol. The molecule has 0 aliphatic carbocycles. The number of benzene rings is 1. The summed E-state index contributed by atoms with van der Waals surface area (Å²) < 4.78 is 20.3. The van der Waals surface area contributed by atoms with E-state index >= 15 is 0 Å². The Morgan fingerprint density at radius 2 is 2.30 bits per heavy atom. The molecule has 0 atom stereocenters. The molecule has 1 rings (SSSR count). The molecular formula is C8H11NO. The average Bonchev–Trinajstić information content (AvgIpc) is 2.15. The summed E-state index contributed by atoms with van der Waals surface area (Å²) in [6.07, 6.45) is 0.658. The molecule has 0 bridgehead atoms. The van der Waals surface area contributed by atoms with Gasteiger partial charge in [0.2, 0.25) is 0 Å². The van der Waals surface area contributed by atoms with Crippen molar-refractivity contribution in [2.24, 2.45) is 5.72 Å². The zero-order valence-corrected chi connectivity index (χ0v) is 5.58. The summed E-state index contributed by atoms with van der Waals surface area (Å²) in [7, 11) is 0. The molecule has 0 saturated heterocycles. The normalized spacial score (nSPS) is 13.9. The van der Waals surface area contributed by atoms with Crippen molar-refractivity contribution in [1.82, 2.24) is 0 Å². The maximum Gasteiger partial charge on any atom is 0.293 e. The summed E-state index contributed by atoms with van der Waals surface area (Å²) >= 11 is 0. The van der Waals surface area contributed by atoms with Crippen LogP contribution in [0.5, 0.6) is 5.75 Å². The van der Waals surface area contributed by atoms with E-state index in [1.807, 2.05) is 12.1 Å². The van der Waals surface area contributed by atoms with Gasteiger partial charge in [0.25, 0.3) is 1.43 Å². The van der Waals surface area contributed by atoms with E-state index in [4.69, 9.17) is 4.25 Å². The minimum atomic E-state index is 0.376. The Labute approximate surface area is 64.7 Å². The Kier molecular flexibility index (Phi) is 1.28. The van der Waals surface area contributed by atoms with Crippen LogP contribution in [0.15, 0.2) is 24.3 Å². The predicted molar refractivity (Wildman–Crippen MR) is 40.9 cm³/mol. The molecule has 1 aromatic carbocycles. The smallest absolute Gasteiger partial charge is 0.293 e. The Morgan fingerprint density at radius 1 is 1.50 bits per heavy atom. The van der Waals surface area contributed by atoms with Gasteiger partial charge in [0, 0.05) is 0 Å². The largest absolute Gasteiger partial charge is 0.508 e. The fourth-order valence-corrected chi connectivity index (χ4v) is 0.785. The van der Waals surface area contributed by atoms with Crippen LogP contribution in [-0.2, 0) is 6.42 Å². The molecule has 0 aliphatic heterocycles. The quantitative estimate of drug-likeness (QED) is 0.652. The lowest BCUT2D eigenvalue weighted by Gasteiger charge is -1.96. The Balaban J connectivity index is 2.49. The van der Waals surface area contributed by atoms with E-state index in [0.29, 0.717) is 24.4 Å². The van der Waals surface area contributed by atoms with Gasteiger partial charge in [-0.25, -0.2) is 0 Å². The van der Waals surface area contributed by atoms with Gasteiger partial charge in [-0.3, -0.25) is 0 Å². The second kappa shape index (κ2) is 3.22. The van der Waals surface area contributed by atoms with Gasteiger partial charge in [-0.2, -0.15) is 0 Å². The van der Waals surface area contributed by atoms with Gasteiger partial charge < -0.3 is 10.8 Å². The summed E-state index contributed by atoms with van der Waals surface area (Å²) in [6, 6.07) is 7.04. The number of phenols is 1. The number of hydrogen-bond donors (Lipinski definition) is 2. The van der Waals surface area contributed by atoms with Crippen LogP contribution < -0.4 is 5.72 Å². The molecular weight excluding hydrogens is 126 g/mol. The van der Waals surface area contributed by atoms with Crippen molar-refractivity contribution < 1.29 is 7.93 Å². The zero-order chi connectivity index (χ0) is 9.68. The molecule has 1 aromatic rings. The van der Waals surface area contributed by atoms with Crippen molar-refractivity contribution >= 4 is 0 Å². The van der Waals surface area contributed by atoms with E-state index in [1.165, 1.54) is 0 Å². The van der Waals surface area contributed by atoms with Crippen molar-refractivity contribution in [1.29, 1.82) is 1.43 Å². The number of hydrogen-bond acceptors (Lipinski definition) is 2. The highest BCUT2D eigenvalue weighted by Gasteiger charge is 1.89. The lowest BCUT2D eigenvalue weighted by Crippen LogP contribution is -2.01. The minimum absolute atomic E-state index is 0.376. The molecule has 0 aliphatic rings. The van der Waals surface area contributed by atoms with Crippen LogP contribution in [-0.4, -0.2) is 13.1 Å². The maximum absolute atomic E-state index is 6.85. The summed E-state index contributed by atoms with van der Waals surface area (Å²) in [6.45, 7) is 0.376. The molecule has 0 saturated carbocycles. The first-order valence-electron chi connectivity index (χ1n) is 4.50. The topological polar surface area (TPSA) is 46.2 Å². The second-order valence-corrected chi connectivity index (χ2v) is 2.12. The molecule has 0 heterocycles. The molecule has 0 amide bonds. The third-order valence-electron chi connectivity index (χ3n) is 1.32. The fraction of sp³-hybridized carbons (Fsp3) is 0.250. The number of aromatic hydroxyl groups is 1. The number of phenolic OH excluding ortho intramolecular Hbond substituents is 1. The third kappa shape index (κ3) is 1.74.